The zero-order chi connectivity index (χ0) is 10.1. The Morgan fingerprint density at radius 3 is 2.36 bits per heavy atom. The summed E-state index contributed by atoms with van der Waals surface area (Å²) >= 11 is -2.02. The molecule has 0 amide bonds. The van der Waals surface area contributed by atoms with Crippen molar-refractivity contribution in [2.45, 2.75) is 4.90 Å². The Balaban J connectivity index is 2.88. The van der Waals surface area contributed by atoms with Gasteiger partial charge in [0, 0.05) is 10.8 Å². The molecular formula is C10H8O3S. The fraction of sp³-hybridized carbons (Fsp3) is 0. The smallest absolute Gasteiger partial charge is 0.187 e. The Kier molecular flexibility index (Phi) is 2.23. The van der Waals surface area contributed by atoms with Crippen molar-refractivity contribution in [2.75, 3.05) is 0 Å². The first-order chi connectivity index (χ1) is 6.70. The van der Waals surface area contributed by atoms with Gasteiger partial charge in [0.2, 0.25) is 0 Å². The first-order valence-electron chi connectivity index (χ1n) is 4.02. The molecule has 1 atom stereocenters. The molecule has 0 spiro atoms. The second-order valence-corrected chi connectivity index (χ2v) is 3.82. The van der Waals surface area contributed by atoms with Crippen LogP contribution in [-0.2, 0) is 11.1 Å². The summed E-state index contributed by atoms with van der Waals surface area (Å²) in [5.74, 6) is 0.120. The van der Waals surface area contributed by atoms with Crippen molar-refractivity contribution in [3.8, 4) is 5.75 Å². The van der Waals surface area contributed by atoms with Gasteiger partial charge >= 0.3 is 0 Å². The van der Waals surface area contributed by atoms with E-state index in [1.54, 1.807) is 36.4 Å². The SMILES string of the molecule is O=S(O)c1cccc2c(O)cccc12. The van der Waals surface area contributed by atoms with Gasteiger partial charge in [-0.05, 0) is 12.1 Å². The van der Waals surface area contributed by atoms with E-state index in [2.05, 4.69) is 0 Å². The molecule has 2 rings (SSSR count). The van der Waals surface area contributed by atoms with Gasteiger partial charge in [-0.25, -0.2) is 4.21 Å². The molecule has 14 heavy (non-hydrogen) atoms. The van der Waals surface area contributed by atoms with Crippen LogP contribution in [0, 0.1) is 0 Å². The zero-order valence-corrected chi connectivity index (χ0v) is 7.99. The van der Waals surface area contributed by atoms with Crippen molar-refractivity contribution < 1.29 is 13.9 Å². The van der Waals surface area contributed by atoms with Crippen molar-refractivity contribution in [1.82, 2.24) is 0 Å². The number of phenols is 1. The molecule has 0 aliphatic carbocycles. The zero-order valence-electron chi connectivity index (χ0n) is 7.18. The van der Waals surface area contributed by atoms with Crippen LogP contribution in [0.3, 0.4) is 0 Å². The third-order valence-electron chi connectivity index (χ3n) is 2.05. The van der Waals surface area contributed by atoms with E-state index in [0.29, 0.717) is 15.7 Å². The number of phenolic OH excluding ortho intramolecular Hbond substituents is 1. The highest BCUT2D eigenvalue weighted by Gasteiger charge is 2.07. The predicted molar refractivity (Wildman–Crippen MR) is 54.7 cm³/mol. The van der Waals surface area contributed by atoms with Gasteiger partial charge in [0.15, 0.2) is 11.1 Å². The lowest BCUT2D eigenvalue weighted by atomic mass is 10.1. The monoisotopic (exact) mass is 208 g/mol. The molecule has 4 heteroatoms. The number of hydrogen-bond acceptors (Lipinski definition) is 2. The molecule has 0 aromatic heterocycles. The lowest BCUT2D eigenvalue weighted by Crippen LogP contribution is -1.89. The molecule has 1 unspecified atom stereocenters. The summed E-state index contributed by atoms with van der Waals surface area (Å²) < 4.78 is 20.0. The van der Waals surface area contributed by atoms with Crippen molar-refractivity contribution in [3.63, 3.8) is 0 Å². The summed E-state index contributed by atoms with van der Waals surface area (Å²) in [5, 5.41) is 10.7. The van der Waals surface area contributed by atoms with Crippen LogP contribution in [0.1, 0.15) is 0 Å². The standard InChI is InChI=1S/C10H8O3S/c11-9-5-1-4-8-7(9)3-2-6-10(8)14(12)13/h1-6,11H,(H,12,13). The quantitative estimate of drug-likeness (QED) is 0.706. The third kappa shape index (κ3) is 1.38. The molecule has 0 bridgehead atoms. The van der Waals surface area contributed by atoms with Crippen molar-refractivity contribution in [1.29, 1.82) is 0 Å². The highest BCUT2D eigenvalue weighted by atomic mass is 32.2. The van der Waals surface area contributed by atoms with E-state index in [1.165, 1.54) is 0 Å². The van der Waals surface area contributed by atoms with E-state index in [9.17, 15) is 9.32 Å². The minimum atomic E-state index is -2.02. The number of rotatable bonds is 1. The average molecular weight is 208 g/mol. The molecule has 0 radical (unpaired) electrons. The Morgan fingerprint density at radius 1 is 1.00 bits per heavy atom. The Morgan fingerprint density at radius 2 is 1.64 bits per heavy atom. The topological polar surface area (TPSA) is 57.5 Å². The molecule has 3 nitrogen and oxygen atoms in total. The summed E-state index contributed by atoms with van der Waals surface area (Å²) in [5.41, 5.74) is 0. The molecule has 0 aliphatic rings. The Hall–Kier alpha value is -1.39. The minimum Gasteiger partial charge on any atom is -0.507 e. The van der Waals surface area contributed by atoms with Crippen LogP contribution < -0.4 is 0 Å². The first kappa shape index (κ1) is 9.18. The summed E-state index contributed by atoms with van der Waals surface area (Å²) in [6.45, 7) is 0. The lowest BCUT2D eigenvalue weighted by molar-refractivity contribution is 0.481. The van der Waals surface area contributed by atoms with Gasteiger partial charge in [0.1, 0.15) is 5.75 Å². The van der Waals surface area contributed by atoms with E-state index < -0.39 is 11.1 Å². The van der Waals surface area contributed by atoms with Gasteiger partial charge in [-0.1, -0.05) is 24.3 Å². The molecular weight excluding hydrogens is 200 g/mol. The molecule has 0 fully saturated rings. The maximum absolute atomic E-state index is 11.0. The predicted octanol–water partition coefficient (Wildman–Crippen LogP) is 2.13. The third-order valence-corrected chi connectivity index (χ3v) is 2.78. The second-order valence-electron chi connectivity index (χ2n) is 2.88. The normalized spacial score (nSPS) is 12.9. The molecule has 0 saturated heterocycles. The fourth-order valence-electron chi connectivity index (χ4n) is 1.42. The molecule has 0 heterocycles. The first-order valence-corrected chi connectivity index (χ1v) is 5.12. The van der Waals surface area contributed by atoms with E-state index in [0.717, 1.165) is 0 Å². The molecule has 72 valence electrons. The van der Waals surface area contributed by atoms with Gasteiger partial charge in [0.25, 0.3) is 0 Å². The van der Waals surface area contributed by atoms with Gasteiger partial charge in [-0.2, -0.15) is 0 Å². The molecule has 2 aromatic carbocycles. The second kappa shape index (κ2) is 3.40. The molecule has 0 saturated carbocycles. The van der Waals surface area contributed by atoms with Crippen molar-refractivity contribution in [2.24, 2.45) is 0 Å². The van der Waals surface area contributed by atoms with Crippen LogP contribution in [0.2, 0.25) is 0 Å². The van der Waals surface area contributed by atoms with Crippen LogP contribution in [0.4, 0.5) is 0 Å². The van der Waals surface area contributed by atoms with Crippen LogP contribution in [-0.4, -0.2) is 13.9 Å². The lowest BCUT2D eigenvalue weighted by Gasteiger charge is -2.03. The van der Waals surface area contributed by atoms with E-state index in [-0.39, 0.29) is 5.75 Å². The highest BCUT2D eigenvalue weighted by molar-refractivity contribution is 7.79. The number of benzene rings is 2. The summed E-state index contributed by atoms with van der Waals surface area (Å²) in [4.78, 5) is 0.318. The Bertz CT molecular complexity index is 508. The summed E-state index contributed by atoms with van der Waals surface area (Å²) in [7, 11) is 0. The van der Waals surface area contributed by atoms with Crippen molar-refractivity contribution >= 4 is 21.9 Å². The van der Waals surface area contributed by atoms with Crippen LogP contribution in [0.25, 0.3) is 10.8 Å². The van der Waals surface area contributed by atoms with E-state index in [4.69, 9.17) is 4.55 Å². The fourth-order valence-corrected chi connectivity index (χ4v) is 1.98. The van der Waals surface area contributed by atoms with Crippen molar-refractivity contribution in [3.05, 3.63) is 36.4 Å². The number of hydrogen-bond donors (Lipinski definition) is 2. The van der Waals surface area contributed by atoms with Gasteiger partial charge in [-0.15, -0.1) is 0 Å². The molecule has 2 N–H and O–H groups in total. The van der Waals surface area contributed by atoms with Gasteiger partial charge in [-0.3, -0.25) is 0 Å². The van der Waals surface area contributed by atoms with Crippen LogP contribution in [0.5, 0.6) is 5.75 Å². The summed E-state index contributed by atoms with van der Waals surface area (Å²) in [6.07, 6.45) is 0. The minimum absolute atomic E-state index is 0.120. The van der Waals surface area contributed by atoms with E-state index >= 15 is 0 Å². The maximum atomic E-state index is 11.0. The van der Waals surface area contributed by atoms with E-state index in [1.807, 2.05) is 0 Å². The largest absolute Gasteiger partial charge is 0.507 e. The number of fused-ring (bicyclic) bond motifs is 1. The Labute approximate surface area is 83.3 Å². The van der Waals surface area contributed by atoms with Crippen LogP contribution >= 0.6 is 0 Å². The van der Waals surface area contributed by atoms with Gasteiger partial charge in [0.05, 0.1) is 4.90 Å². The number of aromatic hydroxyl groups is 1. The van der Waals surface area contributed by atoms with Gasteiger partial charge < -0.3 is 9.66 Å². The van der Waals surface area contributed by atoms with Crippen LogP contribution in [0.15, 0.2) is 41.3 Å². The summed E-state index contributed by atoms with van der Waals surface area (Å²) in [6, 6.07) is 9.82. The highest BCUT2D eigenvalue weighted by Crippen LogP contribution is 2.27. The molecule has 2 aromatic rings. The molecule has 0 aliphatic heterocycles. The average Bonchev–Trinajstić information content (AvgIpc) is 2.17. The maximum Gasteiger partial charge on any atom is 0.187 e.